The molecule has 176 valence electrons. The van der Waals surface area contributed by atoms with Crippen LogP contribution in [0.4, 0.5) is 11.4 Å². The summed E-state index contributed by atoms with van der Waals surface area (Å²) in [6.07, 6.45) is 0. The maximum atomic E-state index is 12.7. The molecule has 0 spiro atoms. The van der Waals surface area contributed by atoms with E-state index in [1.165, 1.54) is 49.0 Å². The summed E-state index contributed by atoms with van der Waals surface area (Å²) in [7, 11) is 0. The van der Waals surface area contributed by atoms with Gasteiger partial charge in [-0.1, -0.05) is 30.0 Å². The van der Waals surface area contributed by atoms with Crippen LogP contribution in [-0.4, -0.2) is 16.8 Å². The molecule has 9 nitrogen and oxygen atoms in total. The van der Waals surface area contributed by atoms with Crippen molar-refractivity contribution in [1.29, 1.82) is 0 Å². The second-order valence-corrected chi connectivity index (χ2v) is 8.53. The molecule has 0 bridgehead atoms. The Balaban J connectivity index is 1.55. The number of hydrogen-bond donors (Lipinski definition) is 1. The van der Waals surface area contributed by atoms with Crippen LogP contribution in [0, 0.1) is 10.1 Å². The van der Waals surface area contributed by atoms with Gasteiger partial charge in [0.15, 0.2) is 0 Å². The molecule has 0 aliphatic rings. The molecule has 1 N–H and O–H groups in total. The van der Waals surface area contributed by atoms with Gasteiger partial charge in [-0.2, -0.15) is 0 Å². The number of carbonyl (C=O) groups is 2. The van der Waals surface area contributed by atoms with Crippen molar-refractivity contribution < 1.29 is 23.7 Å². The van der Waals surface area contributed by atoms with Gasteiger partial charge in [0.1, 0.15) is 12.2 Å². The summed E-state index contributed by atoms with van der Waals surface area (Å²) in [4.78, 5) is 48.2. The number of nitrogens with zero attached hydrogens (tertiary/aromatic N) is 1. The van der Waals surface area contributed by atoms with E-state index in [9.17, 15) is 24.5 Å². The zero-order valence-corrected chi connectivity index (χ0v) is 19.2. The molecule has 3 aromatic carbocycles. The van der Waals surface area contributed by atoms with Crippen LogP contribution in [0.2, 0.25) is 0 Å². The van der Waals surface area contributed by atoms with Gasteiger partial charge < -0.3 is 14.5 Å². The van der Waals surface area contributed by atoms with Gasteiger partial charge >= 0.3 is 11.6 Å². The number of rotatable bonds is 7. The average molecular weight is 490 g/mol. The summed E-state index contributed by atoms with van der Waals surface area (Å²) in [5, 5.41) is 14.7. The number of benzene rings is 3. The van der Waals surface area contributed by atoms with Gasteiger partial charge in [-0.05, 0) is 36.4 Å². The van der Waals surface area contributed by atoms with Crippen LogP contribution >= 0.6 is 11.8 Å². The van der Waals surface area contributed by atoms with Crippen LogP contribution in [0.15, 0.2) is 91.8 Å². The molecular weight excluding hydrogens is 472 g/mol. The number of fused-ring (bicyclic) bond motifs is 1. The van der Waals surface area contributed by atoms with Crippen molar-refractivity contribution in [3.63, 3.8) is 0 Å². The maximum Gasteiger partial charge on any atom is 0.338 e. The molecule has 0 saturated heterocycles. The summed E-state index contributed by atoms with van der Waals surface area (Å²) in [6, 6.07) is 19.3. The molecule has 1 amide bonds. The lowest BCUT2D eigenvalue weighted by molar-refractivity contribution is -0.387. The maximum absolute atomic E-state index is 12.7. The quantitative estimate of drug-likeness (QED) is 0.163. The molecule has 1 aromatic heterocycles. The van der Waals surface area contributed by atoms with Crippen LogP contribution in [0.5, 0.6) is 0 Å². The highest BCUT2D eigenvalue weighted by Gasteiger charge is 2.20. The van der Waals surface area contributed by atoms with E-state index in [4.69, 9.17) is 9.15 Å². The summed E-state index contributed by atoms with van der Waals surface area (Å²) in [5.41, 5.74) is 0.195. The van der Waals surface area contributed by atoms with Crippen LogP contribution in [-0.2, 0) is 16.1 Å². The second-order valence-electron chi connectivity index (χ2n) is 7.41. The number of hydrogen-bond acceptors (Lipinski definition) is 8. The van der Waals surface area contributed by atoms with Crippen molar-refractivity contribution in [3.8, 4) is 0 Å². The fraction of sp³-hybridized carbons (Fsp3) is 0.0800. The molecule has 4 aromatic rings. The van der Waals surface area contributed by atoms with Crippen molar-refractivity contribution >= 4 is 46.0 Å². The largest absolute Gasteiger partial charge is 0.457 e. The zero-order chi connectivity index (χ0) is 24.9. The van der Waals surface area contributed by atoms with Gasteiger partial charge in [0.25, 0.3) is 5.69 Å². The van der Waals surface area contributed by atoms with Crippen LogP contribution < -0.4 is 10.9 Å². The van der Waals surface area contributed by atoms with E-state index in [1.54, 1.807) is 12.1 Å². The molecule has 0 aliphatic carbocycles. The third-order valence-electron chi connectivity index (χ3n) is 4.87. The normalized spacial score (nSPS) is 10.7. The number of esters is 1. The molecule has 4 rings (SSSR count). The summed E-state index contributed by atoms with van der Waals surface area (Å²) < 4.78 is 10.5. The number of nitro groups is 1. The molecule has 10 heteroatoms. The van der Waals surface area contributed by atoms with Gasteiger partial charge in [-0.25, -0.2) is 9.59 Å². The predicted molar refractivity (Wildman–Crippen MR) is 130 cm³/mol. The molecule has 0 unspecified atom stereocenters. The smallest absolute Gasteiger partial charge is 0.338 e. The Morgan fingerprint density at radius 1 is 1.06 bits per heavy atom. The third kappa shape index (κ3) is 5.74. The van der Waals surface area contributed by atoms with E-state index in [1.807, 2.05) is 30.3 Å². The Kier molecular flexibility index (Phi) is 6.93. The molecule has 0 saturated carbocycles. The van der Waals surface area contributed by atoms with Crippen molar-refractivity contribution in [2.75, 3.05) is 5.32 Å². The fourth-order valence-corrected chi connectivity index (χ4v) is 4.27. The number of amides is 1. The van der Waals surface area contributed by atoms with E-state index < -0.39 is 16.5 Å². The lowest BCUT2D eigenvalue weighted by Gasteiger charge is -2.09. The fourth-order valence-electron chi connectivity index (χ4n) is 3.35. The summed E-state index contributed by atoms with van der Waals surface area (Å²) in [5.74, 6) is -1.06. The molecule has 0 atom stereocenters. The first kappa shape index (κ1) is 23.7. The number of ether oxygens (including phenoxy) is 1. The van der Waals surface area contributed by atoms with Gasteiger partial charge in [-0.15, -0.1) is 0 Å². The lowest BCUT2D eigenvalue weighted by atomic mass is 10.1. The van der Waals surface area contributed by atoms with Gasteiger partial charge in [0.05, 0.1) is 15.4 Å². The standard InChI is InChI=1S/C25H18N2O7S/c1-15(28)26-18-8-9-20-17(12-24(29)34-22(20)13-18)14-33-25(30)16-7-10-23(21(11-16)27(31)32)35-19-5-3-2-4-6-19/h2-13H,14H2,1H3,(H,26,28). The number of carbonyl (C=O) groups excluding carboxylic acids is 2. The first-order chi connectivity index (χ1) is 16.8. The first-order valence-corrected chi connectivity index (χ1v) is 11.1. The first-order valence-electron chi connectivity index (χ1n) is 10.3. The Bertz CT molecular complexity index is 1500. The van der Waals surface area contributed by atoms with Gasteiger partial charge in [0, 0.05) is 46.7 Å². The number of nitrogens with one attached hydrogen (secondary N) is 1. The highest BCUT2D eigenvalue weighted by atomic mass is 32.2. The Morgan fingerprint density at radius 3 is 2.54 bits per heavy atom. The third-order valence-corrected chi connectivity index (χ3v) is 5.94. The van der Waals surface area contributed by atoms with Crippen LogP contribution in [0.3, 0.4) is 0 Å². The van der Waals surface area contributed by atoms with Crippen molar-refractivity contribution in [2.24, 2.45) is 0 Å². The van der Waals surface area contributed by atoms with Crippen molar-refractivity contribution in [2.45, 2.75) is 23.3 Å². The SMILES string of the molecule is CC(=O)Nc1ccc2c(COC(=O)c3ccc(Sc4ccccc4)c([N+](=O)[O-])c3)cc(=O)oc2c1. The minimum Gasteiger partial charge on any atom is -0.457 e. The van der Waals surface area contributed by atoms with Crippen LogP contribution in [0.25, 0.3) is 11.0 Å². The van der Waals surface area contributed by atoms with E-state index in [-0.39, 0.29) is 29.3 Å². The highest BCUT2D eigenvalue weighted by molar-refractivity contribution is 7.99. The topological polar surface area (TPSA) is 129 Å². The van der Waals surface area contributed by atoms with E-state index in [0.29, 0.717) is 21.5 Å². The van der Waals surface area contributed by atoms with Crippen molar-refractivity contribution in [1.82, 2.24) is 0 Å². The van der Waals surface area contributed by atoms with Gasteiger partial charge in [0.2, 0.25) is 5.91 Å². The lowest BCUT2D eigenvalue weighted by Crippen LogP contribution is -2.09. The summed E-state index contributed by atoms with van der Waals surface area (Å²) >= 11 is 1.22. The molecule has 1 heterocycles. The van der Waals surface area contributed by atoms with Crippen LogP contribution in [0.1, 0.15) is 22.8 Å². The van der Waals surface area contributed by atoms with E-state index in [2.05, 4.69) is 5.32 Å². The molecule has 35 heavy (non-hydrogen) atoms. The molecule has 0 radical (unpaired) electrons. The zero-order valence-electron chi connectivity index (χ0n) is 18.3. The Labute approximate surface area is 202 Å². The number of nitro benzene ring substituents is 1. The Hall–Kier alpha value is -4.44. The van der Waals surface area contributed by atoms with Crippen molar-refractivity contribution in [3.05, 3.63) is 104 Å². The second kappa shape index (κ2) is 10.2. The summed E-state index contributed by atoms with van der Waals surface area (Å²) in [6.45, 7) is 1.10. The van der Waals surface area contributed by atoms with E-state index >= 15 is 0 Å². The monoisotopic (exact) mass is 490 g/mol. The molecule has 0 fully saturated rings. The molecule has 0 aliphatic heterocycles. The average Bonchev–Trinajstić information content (AvgIpc) is 2.82. The van der Waals surface area contributed by atoms with E-state index in [0.717, 1.165) is 4.90 Å². The molecular formula is C25H18N2O7S. The minimum atomic E-state index is -0.777. The number of anilines is 1. The predicted octanol–water partition coefficient (Wildman–Crippen LogP) is 5.17. The highest BCUT2D eigenvalue weighted by Crippen LogP contribution is 2.35. The Morgan fingerprint density at radius 2 is 1.83 bits per heavy atom. The minimum absolute atomic E-state index is 0.00864. The van der Waals surface area contributed by atoms with Gasteiger partial charge in [-0.3, -0.25) is 14.9 Å².